The topological polar surface area (TPSA) is 32.8 Å². The smallest absolute Gasteiger partial charge is 0.220 e. The van der Waals surface area contributed by atoms with Crippen LogP contribution in [0.5, 0.6) is 0 Å². The molecule has 4 heterocycles. The van der Waals surface area contributed by atoms with Crippen LogP contribution in [0.2, 0.25) is 0 Å². The van der Waals surface area contributed by atoms with E-state index in [1.165, 1.54) is 0 Å². The number of carbonyl (C=O) groups is 1. The van der Waals surface area contributed by atoms with Crippen LogP contribution in [-0.2, 0) is 9.53 Å². The Bertz CT molecular complexity index is 481. The molecule has 116 valence electrons. The summed E-state index contributed by atoms with van der Waals surface area (Å²) in [6.45, 7) is 8.10. The van der Waals surface area contributed by atoms with Gasteiger partial charge in [0.25, 0.3) is 0 Å². The van der Waals surface area contributed by atoms with E-state index in [0.717, 1.165) is 51.9 Å². The Morgan fingerprint density at radius 2 is 2.14 bits per heavy atom. The van der Waals surface area contributed by atoms with Crippen molar-refractivity contribution in [3.63, 3.8) is 0 Å². The third kappa shape index (κ3) is 1.92. The maximum absolute atomic E-state index is 12.3. The SMILES string of the molecule is CCN1CCC2(CC1)C[C@@H]1C[C@@H]3C=C[C@]1(CN2C(C)=O)O3. The summed E-state index contributed by atoms with van der Waals surface area (Å²) in [5.41, 5.74) is -0.0709. The Balaban J connectivity index is 1.62. The molecule has 0 aliphatic carbocycles. The van der Waals surface area contributed by atoms with Crippen LogP contribution in [0.4, 0.5) is 0 Å². The molecule has 4 aliphatic heterocycles. The van der Waals surface area contributed by atoms with Crippen molar-refractivity contribution < 1.29 is 9.53 Å². The molecule has 3 atom stereocenters. The van der Waals surface area contributed by atoms with Gasteiger partial charge in [0.2, 0.25) is 5.91 Å². The fraction of sp³-hybridized carbons (Fsp3) is 0.824. The molecule has 21 heavy (non-hydrogen) atoms. The van der Waals surface area contributed by atoms with E-state index in [2.05, 4.69) is 28.9 Å². The molecule has 0 aromatic carbocycles. The molecule has 1 amide bonds. The molecule has 4 nitrogen and oxygen atoms in total. The lowest BCUT2D eigenvalue weighted by molar-refractivity contribution is -0.154. The zero-order chi connectivity index (χ0) is 14.7. The van der Waals surface area contributed by atoms with Crippen molar-refractivity contribution in [2.45, 2.75) is 56.8 Å². The molecule has 0 aromatic rings. The lowest BCUT2D eigenvalue weighted by Gasteiger charge is -2.56. The minimum atomic E-state index is -0.163. The van der Waals surface area contributed by atoms with Crippen LogP contribution in [0.15, 0.2) is 12.2 Å². The number of amides is 1. The predicted octanol–water partition coefficient (Wildman–Crippen LogP) is 1.81. The molecule has 0 aromatic heterocycles. The van der Waals surface area contributed by atoms with Crippen molar-refractivity contribution in [2.75, 3.05) is 26.2 Å². The summed E-state index contributed by atoms with van der Waals surface area (Å²) >= 11 is 0. The summed E-state index contributed by atoms with van der Waals surface area (Å²) in [5.74, 6) is 0.830. The quantitative estimate of drug-likeness (QED) is 0.691. The number of hydrogen-bond donors (Lipinski definition) is 0. The van der Waals surface area contributed by atoms with Crippen molar-refractivity contribution >= 4 is 5.91 Å². The maximum atomic E-state index is 12.3. The summed E-state index contributed by atoms with van der Waals surface area (Å²) in [6, 6.07) is 0. The summed E-state index contributed by atoms with van der Waals surface area (Å²) in [4.78, 5) is 17.0. The van der Waals surface area contributed by atoms with Crippen LogP contribution in [-0.4, -0.2) is 59.1 Å². The number of rotatable bonds is 1. The zero-order valence-corrected chi connectivity index (χ0v) is 13.2. The predicted molar refractivity (Wildman–Crippen MR) is 80.9 cm³/mol. The highest BCUT2D eigenvalue weighted by Crippen LogP contribution is 2.53. The highest BCUT2D eigenvalue weighted by molar-refractivity contribution is 5.74. The van der Waals surface area contributed by atoms with E-state index in [9.17, 15) is 4.79 Å². The van der Waals surface area contributed by atoms with Gasteiger partial charge in [-0.25, -0.2) is 0 Å². The molecule has 0 unspecified atom stereocenters. The molecule has 3 saturated heterocycles. The minimum Gasteiger partial charge on any atom is -0.361 e. The standard InChI is InChI=1S/C17H26N2O2/c1-3-18-8-6-16(7-9-18)11-14-10-15-4-5-17(14,21-15)12-19(16)13(2)20/h4-5,14-15H,3,6-12H2,1-2H3/t14-,15-,17+/m0/s1. The van der Waals surface area contributed by atoms with Crippen LogP contribution < -0.4 is 0 Å². The molecule has 0 radical (unpaired) electrons. The van der Waals surface area contributed by atoms with Crippen molar-refractivity contribution in [1.82, 2.24) is 9.80 Å². The average Bonchev–Trinajstić information content (AvgIpc) is 3.03. The number of piperidine rings is 2. The first-order chi connectivity index (χ1) is 10.1. The Morgan fingerprint density at radius 1 is 1.38 bits per heavy atom. The normalized spacial score (nSPS) is 40.8. The Hall–Kier alpha value is -0.870. The number of hydrogen-bond acceptors (Lipinski definition) is 3. The number of likely N-dealkylation sites (tertiary alicyclic amines) is 2. The molecule has 2 bridgehead atoms. The van der Waals surface area contributed by atoms with Crippen molar-refractivity contribution in [3.05, 3.63) is 12.2 Å². The van der Waals surface area contributed by atoms with E-state index in [4.69, 9.17) is 4.74 Å². The number of fused-ring (bicyclic) bond motifs is 1. The van der Waals surface area contributed by atoms with Gasteiger partial charge < -0.3 is 14.5 Å². The van der Waals surface area contributed by atoms with Crippen molar-refractivity contribution in [1.29, 1.82) is 0 Å². The Kier molecular flexibility index (Phi) is 2.99. The first kappa shape index (κ1) is 13.8. The van der Waals surface area contributed by atoms with Gasteiger partial charge in [0.05, 0.1) is 12.6 Å². The van der Waals surface area contributed by atoms with Crippen LogP contribution in [0, 0.1) is 5.92 Å². The number of carbonyl (C=O) groups excluding carboxylic acids is 1. The van der Waals surface area contributed by atoms with E-state index in [1.807, 2.05) is 0 Å². The molecule has 0 saturated carbocycles. The molecular formula is C17H26N2O2. The van der Waals surface area contributed by atoms with Gasteiger partial charge in [0.15, 0.2) is 0 Å². The van der Waals surface area contributed by atoms with E-state index in [0.29, 0.717) is 12.0 Å². The third-order valence-corrected chi connectivity index (χ3v) is 6.39. The lowest BCUT2D eigenvalue weighted by atomic mass is 9.67. The van der Waals surface area contributed by atoms with Crippen molar-refractivity contribution in [3.8, 4) is 0 Å². The van der Waals surface area contributed by atoms with E-state index < -0.39 is 0 Å². The average molecular weight is 290 g/mol. The van der Waals surface area contributed by atoms with Crippen LogP contribution >= 0.6 is 0 Å². The van der Waals surface area contributed by atoms with Gasteiger partial charge in [0.1, 0.15) is 5.60 Å². The molecule has 4 heteroatoms. The Morgan fingerprint density at radius 3 is 2.76 bits per heavy atom. The van der Waals surface area contributed by atoms with Gasteiger partial charge in [-0.1, -0.05) is 19.1 Å². The first-order valence-electron chi connectivity index (χ1n) is 8.45. The zero-order valence-electron chi connectivity index (χ0n) is 13.2. The highest BCUT2D eigenvalue weighted by Gasteiger charge is 2.59. The molecule has 2 spiro atoms. The highest BCUT2D eigenvalue weighted by atomic mass is 16.5. The van der Waals surface area contributed by atoms with Crippen molar-refractivity contribution in [2.24, 2.45) is 5.92 Å². The van der Waals surface area contributed by atoms with Gasteiger partial charge in [0, 0.05) is 25.6 Å². The van der Waals surface area contributed by atoms with E-state index in [-0.39, 0.29) is 17.0 Å². The molecule has 0 N–H and O–H groups in total. The molecule has 4 aliphatic rings. The van der Waals surface area contributed by atoms with Crippen LogP contribution in [0.3, 0.4) is 0 Å². The second-order valence-corrected chi connectivity index (χ2v) is 7.37. The molecular weight excluding hydrogens is 264 g/mol. The fourth-order valence-electron chi connectivity index (χ4n) is 5.13. The van der Waals surface area contributed by atoms with Crippen LogP contribution in [0.1, 0.15) is 39.5 Å². The van der Waals surface area contributed by atoms with E-state index in [1.54, 1.807) is 6.92 Å². The third-order valence-electron chi connectivity index (χ3n) is 6.39. The monoisotopic (exact) mass is 290 g/mol. The minimum absolute atomic E-state index is 0.0924. The van der Waals surface area contributed by atoms with Gasteiger partial charge >= 0.3 is 0 Å². The first-order valence-corrected chi connectivity index (χ1v) is 8.45. The fourth-order valence-corrected chi connectivity index (χ4v) is 5.13. The van der Waals surface area contributed by atoms with Gasteiger partial charge in [-0.05, 0) is 38.1 Å². The van der Waals surface area contributed by atoms with Gasteiger partial charge in [-0.15, -0.1) is 0 Å². The second-order valence-electron chi connectivity index (χ2n) is 7.37. The van der Waals surface area contributed by atoms with Gasteiger partial charge in [-0.3, -0.25) is 4.79 Å². The Labute approximate surface area is 127 Å². The molecule has 4 rings (SSSR count). The van der Waals surface area contributed by atoms with E-state index >= 15 is 0 Å². The summed E-state index contributed by atoms with van der Waals surface area (Å²) < 4.78 is 6.21. The summed E-state index contributed by atoms with van der Waals surface area (Å²) in [5, 5.41) is 0. The van der Waals surface area contributed by atoms with Gasteiger partial charge in [-0.2, -0.15) is 0 Å². The second kappa shape index (κ2) is 4.56. The summed E-state index contributed by atoms with van der Waals surface area (Å²) in [6.07, 6.45) is 9.28. The maximum Gasteiger partial charge on any atom is 0.220 e. The molecule has 3 fully saturated rings. The lowest BCUT2D eigenvalue weighted by Crippen LogP contribution is -2.66. The number of nitrogens with zero attached hydrogens (tertiary/aromatic N) is 2. The summed E-state index contributed by atoms with van der Waals surface area (Å²) in [7, 11) is 0. The number of ether oxygens (including phenoxy) is 1. The van der Waals surface area contributed by atoms with Crippen LogP contribution in [0.25, 0.3) is 0 Å². The largest absolute Gasteiger partial charge is 0.361 e.